The van der Waals surface area contributed by atoms with Gasteiger partial charge in [0.25, 0.3) is 10.0 Å². The average Bonchev–Trinajstić information content (AvgIpc) is 2.86. The molecule has 0 amide bonds. The summed E-state index contributed by atoms with van der Waals surface area (Å²) in [5.74, 6) is 0.514. The van der Waals surface area contributed by atoms with Crippen LogP contribution in [0.15, 0.2) is 46.2 Å². The first-order chi connectivity index (χ1) is 8.97. The highest BCUT2D eigenvalue weighted by atomic mass is 32.2. The first kappa shape index (κ1) is 13.7. The number of nitrogens with zero attached hydrogens (tertiary/aromatic N) is 1. The van der Waals surface area contributed by atoms with Gasteiger partial charge in [-0.1, -0.05) is 6.07 Å². The summed E-state index contributed by atoms with van der Waals surface area (Å²) in [4.78, 5) is 4.04. The van der Waals surface area contributed by atoms with Crippen LogP contribution in [0.2, 0.25) is 0 Å². The van der Waals surface area contributed by atoms with E-state index in [1.165, 1.54) is 6.07 Å². The van der Waals surface area contributed by atoms with E-state index in [-0.39, 0.29) is 11.1 Å². The highest BCUT2D eigenvalue weighted by molar-refractivity contribution is 7.89. The SMILES string of the molecule is C[C@H](NCc1ccc(S(N)(=O)=O)o1)c1cccnc1. The van der Waals surface area contributed by atoms with Gasteiger partial charge in [0.15, 0.2) is 0 Å². The maximum Gasteiger partial charge on any atom is 0.271 e. The lowest BCUT2D eigenvalue weighted by atomic mass is 10.1. The largest absolute Gasteiger partial charge is 0.447 e. The highest BCUT2D eigenvalue weighted by Crippen LogP contribution is 2.14. The van der Waals surface area contributed by atoms with Gasteiger partial charge in [0.1, 0.15) is 5.76 Å². The first-order valence-electron chi connectivity index (χ1n) is 5.71. The Balaban J connectivity index is 1.98. The number of pyridine rings is 1. The van der Waals surface area contributed by atoms with Gasteiger partial charge in [0.05, 0.1) is 6.54 Å². The Kier molecular flexibility index (Phi) is 3.98. The molecule has 0 saturated heterocycles. The van der Waals surface area contributed by atoms with Crippen LogP contribution in [0.25, 0.3) is 0 Å². The van der Waals surface area contributed by atoms with Crippen LogP contribution in [0.1, 0.15) is 24.3 Å². The summed E-state index contributed by atoms with van der Waals surface area (Å²) in [6, 6.07) is 6.84. The number of hydrogen-bond acceptors (Lipinski definition) is 5. The summed E-state index contributed by atoms with van der Waals surface area (Å²) < 4.78 is 27.3. The zero-order chi connectivity index (χ0) is 13.9. The van der Waals surface area contributed by atoms with Crippen LogP contribution >= 0.6 is 0 Å². The molecule has 0 bridgehead atoms. The third kappa shape index (κ3) is 3.63. The van der Waals surface area contributed by atoms with Gasteiger partial charge in [0.2, 0.25) is 5.09 Å². The fourth-order valence-electron chi connectivity index (χ4n) is 1.61. The van der Waals surface area contributed by atoms with Crippen molar-refractivity contribution >= 4 is 10.0 Å². The Morgan fingerprint density at radius 2 is 2.21 bits per heavy atom. The fraction of sp³-hybridized carbons (Fsp3) is 0.250. The Bertz CT molecular complexity index is 637. The molecule has 2 aromatic heterocycles. The third-order valence-electron chi connectivity index (χ3n) is 2.68. The molecule has 0 spiro atoms. The Hall–Kier alpha value is -1.70. The summed E-state index contributed by atoms with van der Waals surface area (Å²) in [7, 11) is -3.78. The first-order valence-corrected chi connectivity index (χ1v) is 7.26. The van der Waals surface area contributed by atoms with Crippen LogP contribution < -0.4 is 10.5 Å². The molecule has 0 fully saturated rings. The number of hydrogen-bond donors (Lipinski definition) is 2. The Labute approximate surface area is 111 Å². The van der Waals surface area contributed by atoms with Crippen LogP contribution in [-0.4, -0.2) is 13.4 Å². The number of furan rings is 1. The molecule has 2 aromatic rings. The Morgan fingerprint density at radius 3 is 2.79 bits per heavy atom. The zero-order valence-corrected chi connectivity index (χ0v) is 11.2. The smallest absolute Gasteiger partial charge is 0.271 e. The van der Waals surface area contributed by atoms with Crippen molar-refractivity contribution in [2.75, 3.05) is 0 Å². The fourth-order valence-corrected chi connectivity index (χ4v) is 2.09. The van der Waals surface area contributed by atoms with Gasteiger partial charge in [-0.15, -0.1) is 0 Å². The molecule has 3 N–H and O–H groups in total. The van der Waals surface area contributed by atoms with Gasteiger partial charge >= 0.3 is 0 Å². The standard InChI is InChI=1S/C12H15N3O3S/c1-9(10-3-2-6-14-7-10)15-8-11-4-5-12(18-11)19(13,16)17/h2-7,9,15H,8H2,1H3,(H2,13,16,17)/t9-/m0/s1. The van der Waals surface area contributed by atoms with Gasteiger partial charge in [-0.05, 0) is 30.7 Å². The normalized spacial score (nSPS) is 13.4. The average molecular weight is 281 g/mol. The van der Waals surface area contributed by atoms with Crippen molar-refractivity contribution in [3.05, 3.63) is 48.0 Å². The van der Waals surface area contributed by atoms with Crippen molar-refractivity contribution in [2.45, 2.75) is 24.6 Å². The van der Waals surface area contributed by atoms with E-state index < -0.39 is 10.0 Å². The van der Waals surface area contributed by atoms with Crippen LogP contribution in [0, 0.1) is 0 Å². The van der Waals surface area contributed by atoms with E-state index in [0.29, 0.717) is 12.3 Å². The van der Waals surface area contributed by atoms with Crippen molar-refractivity contribution in [3.63, 3.8) is 0 Å². The van der Waals surface area contributed by atoms with Gasteiger partial charge in [-0.25, -0.2) is 13.6 Å². The molecule has 0 radical (unpaired) electrons. The van der Waals surface area contributed by atoms with E-state index in [1.807, 2.05) is 19.1 Å². The predicted octanol–water partition coefficient (Wildman–Crippen LogP) is 1.17. The lowest BCUT2D eigenvalue weighted by molar-refractivity contribution is 0.393. The van der Waals surface area contributed by atoms with Crippen molar-refractivity contribution in [2.24, 2.45) is 5.14 Å². The van der Waals surface area contributed by atoms with Gasteiger partial charge < -0.3 is 9.73 Å². The minimum absolute atomic E-state index is 0.0803. The molecule has 2 heterocycles. The van der Waals surface area contributed by atoms with Crippen LogP contribution in [0.5, 0.6) is 0 Å². The summed E-state index contributed by atoms with van der Waals surface area (Å²) >= 11 is 0. The molecule has 0 saturated carbocycles. The molecule has 0 unspecified atom stereocenters. The lowest BCUT2D eigenvalue weighted by Gasteiger charge is -2.12. The molecule has 7 heteroatoms. The number of aromatic nitrogens is 1. The van der Waals surface area contributed by atoms with Crippen LogP contribution in [-0.2, 0) is 16.6 Å². The maximum absolute atomic E-state index is 11.1. The van der Waals surface area contributed by atoms with E-state index in [0.717, 1.165) is 5.56 Å². The number of sulfonamides is 1. The molecule has 0 aliphatic carbocycles. The molecule has 6 nitrogen and oxygen atoms in total. The van der Waals surface area contributed by atoms with Gasteiger partial charge in [-0.2, -0.15) is 0 Å². The monoisotopic (exact) mass is 281 g/mol. The zero-order valence-electron chi connectivity index (χ0n) is 10.4. The minimum atomic E-state index is -3.78. The van der Waals surface area contributed by atoms with Crippen molar-refractivity contribution in [1.29, 1.82) is 0 Å². The molecule has 0 aliphatic rings. The second-order valence-electron chi connectivity index (χ2n) is 4.15. The molecule has 19 heavy (non-hydrogen) atoms. The molecule has 2 rings (SSSR count). The van der Waals surface area contributed by atoms with Gasteiger partial charge in [0, 0.05) is 18.4 Å². The number of nitrogens with one attached hydrogen (secondary N) is 1. The predicted molar refractivity (Wildman–Crippen MR) is 69.6 cm³/mol. The van der Waals surface area contributed by atoms with E-state index >= 15 is 0 Å². The molecule has 102 valence electrons. The number of primary sulfonamides is 1. The molecule has 1 atom stereocenters. The summed E-state index contributed by atoms with van der Waals surface area (Å²) in [6.07, 6.45) is 3.48. The van der Waals surface area contributed by atoms with Crippen molar-refractivity contribution in [1.82, 2.24) is 10.3 Å². The highest BCUT2D eigenvalue weighted by Gasteiger charge is 2.13. The van der Waals surface area contributed by atoms with E-state index in [4.69, 9.17) is 9.56 Å². The van der Waals surface area contributed by atoms with Crippen LogP contribution in [0.4, 0.5) is 0 Å². The van der Waals surface area contributed by atoms with Gasteiger partial charge in [-0.3, -0.25) is 4.98 Å². The molecule has 0 aliphatic heterocycles. The molecular formula is C12H15N3O3S. The summed E-state index contributed by atoms with van der Waals surface area (Å²) in [5.41, 5.74) is 1.04. The second kappa shape index (κ2) is 5.52. The van der Waals surface area contributed by atoms with E-state index in [1.54, 1.807) is 18.5 Å². The Morgan fingerprint density at radius 1 is 1.42 bits per heavy atom. The summed E-state index contributed by atoms with van der Waals surface area (Å²) in [5, 5.41) is 7.95. The quantitative estimate of drug-likeness (QED) is 0.857. The minimum Gasteiger partial charge on any atom is -0.447 e. The topological polar surface area (TPSA) is 98.2 Å². The molecule has 0 aromatic carbocycles. The van der Waals surface area contributed by atoms with E-state index in [9.17, 15) is 8.42 Å². The second-order valence-corrected chi connectivity index (χ2v) is 5.65. The van der Waals surface area contributed by atoms with Crippen LogP contribution in [0.3, 0.4) is 0 Å². The van der Waals surface area contributed by atoms with Crippen molar-refractivity contribution in [3.8, 4) is 0 Å². The number of nitrogens with two attached hydrogens (primary N) is 1. The molecular weight excluding hydrogens is 266 g/mol. The maximum atomic E-state index is 11.1. The summed E-state index contributed by atoms with van der Waals surface area (Å²) in [6.45, 7) is 2.39. The number of rotatable bonds is 5. The third-order valence-corrected chi connectivity index (χ3v) is 3.46. The lowest BCUT2D eigenvalue weighted by Crippen LogP contribution is -2.17. The van der Waals surface area contributed by atoms with E-state index in [2.05, 4.69) is 10.3 Å². The van der Waals surface area contributed by atoms with Crippen molar-refractivity contribution < 1.29 is 12.8 Å².